The highest BCUT2D eigenvalue weighted by molar-refractivity contribution is 6.11. The van der Waals surface area contributed by atoms with E-state index < -0.39 is 26.1 Å². The van der Waals surface area contributed by atoms with E-state index in [1.165, 1.54) is 53.4 Å². The van der Waals surface area contributed by atoms with Crippen LogP contribution in [0.5, 0.6) is 17.4 Å². The van der Waals surface area contributed by atoms with Gasteiger partial charge in [0.15, 0.2) is 0 Å². The van der Waals surface area contributed by atoms with Gasteiger partial charge >= 0.3 is 6.03 Å². The van der Waals surface area contributed by atoms with Gasteiger partial charge in [0.05, 0.1) is 59.0 Å². The van der Waals surface area contributed by atoms with E-state index in [1.807, 2.05) is 0 Å². The minimum Gasteiger partial charge on any atom is -0.497 e. The van der Waals surface area contributed by atoms with Crippen molar-refractivity contribution in [2.45, 2.75) is 13.0 Å². The molecule has 0 radical (unpaired) electrons. The Kier molecular flexibility index (Phi) is 5.14. The zero-order chi connectivity index (χ0) is 27.9. The number of anilines is 3. The predicted octanol–water partition coefficient (Wildman–Crippen LogP) is 4.91. The van der Waals surface area contributed by atoms with E-state index in [0.29, 0.717) is 39.5 Å². The number of aryl methyl sites for hydroxylation is 1. The first-order valence-electron chi connectivity index (χ1n) is 12.4. The van der Waals surface area contributed by atoms with E-state index in [1.54, 1.807) is 29.9 Å². The number of nitrogens with zero attached hydrogens (tertiary/aromatic N) is 5. The predicted molar refractivity (Wildman–Crippen MR) is 130 cm³/mol. The number of amides is 2. The van der Waals surface area contributed by atoms with Gasteiger partial charge in [-0.05, 0) is 42.5 Å². The summed E-state index contributed by atoms with van der Waals surface area (Å²) in [6.07, 6.45) is -1.35. The molecule has 11 heteroatoms. The fraction of sp³-hybridized carbons (Fsp3) is 0.240. The molecule has 9 nitrogen and oxygen atoms in total. The second-order valence-corrected chi connectivity index (χ2v) is 7.97. The zero-order valence-corrected chi connectivity index (χ0v) is 19.3. The van der Waals surface area contributed by atoms with Gasteiger partial charge in [-0.2, -0.15) is 5.10 Å². The fourth-order valence-corrected chi connectivity index (χ4v) is 4.15. The number of alkyl halides is 2. The van der Waals surface area contributed by atoms with Crippen molar-refractivity contribution >= 4 is 34.0 Å². The molecular formula is C25H23F2N5O4. The highest BCUT2D eigenvalue weighted by atomic mass is 19.3. The number of fused-ring (bicyclic) bond motifs is 2. The number of ether oxygens (including phenoxy) is 3. The Hall–Kier alpha value is -4.41. The lowest BCUT2D eigenvalue weighted by Gasteiger charge is -2.36. The van der Waals surface area contributed by atoms with Crippen molar-refractivity contribution in [2.24, 2.45) is 7.05 Å². The maximum absolute atomic E-state index is 14.0. The number of urea groups is 1. The lowest BCUT2D eigenvalue weighted by atomic mass is 10.1. The average Bonchev–Trinajstić information content (AvgIpc) is 3.20. The molecule has 0 spiro atoms. The monoisotopic (exact) mass is 498 g/mol. The summed E-state index contributed by atoms with van der Waals surface area (Å²) in [4.78, 5) is 21.2. The van der Waals surface area contributed by atoms with Gasteiger partial charge in [0.1, 0.15) is 18.1 Å². The Morgan fingerprint density at radius 2 is 1.86 bits per heavy atom. The number of methoxy groups -OCH3 is 2. The molecule has 186 valence electrons. The van der Waals surface area contributed by atoms with E-state index >= 15 is 0 Å². The van der Waals surface area contributed by atoms with Crippen molar-refractivity contribution in [3.05, 3.63) is 60.4 Å². The van der Waals surface area contributed by atoms with Crippen LogP contribution in [0.4, 0.5) is 30.6 Å². The van der Waals surface area contributed by atoms with Gasteiger partial charge in [0.25, 0.3) is 6.43 Å². The van der Waals surface area contributed by atoms with Crippen molar-refractivity contribution in [1.82, 2.24) is 14.8 Å². The SMILES string of the molecule is [2H]C([2H])([2H])Oc1ccc(N2C(=O)N(c3ccc4nn(C)c(OC)c4c3)Cc3ncc(OCC(F)F)cc32)cc1. The van der Waals surface area contributed by atoms with Crippen LogP contribution in [0, 0.1) is 0 Å². The lowest BCUT2D eigenvalue weighted by molar-refractivity contribution is 0.0817. The number of halogens is 2. The van der Waals surface area contributed by atoms with Crippen LogP contribution >= 0.6 is 0 Å². The second kappa shape index (κ2) is 9.33. The van der Waals surface area contributed by atoms with Crippen LogP contribution in [0.1, 0.15) is 9.81 Å². The van der Waals surface area contributed by atoms with Crippen molar-refractivity contribution < 1.29 is 31.9 Å². The average molecular weight is 499 g/mol. The summed E-state index contributed by atoms with van der Waals surface area (Å²) >= 11 is 0. The van der Waals surface area contributed by atoms with Crippen LogP contribution in [0.2, 0.25) is 0 Å². The Labute approximate surface area is 209 Å². The molecule has 5 rings (SSSR count). The molecule has 0 N–H and O–H groups in total. The molecule has 0 saturated heterocycles. The molecule has 4 aromatic rings. The minimum absolute atomic E-state index is 0.0733. The number of carbonyl (C=O) groups is 1. The third kappa shape index (κ3) is 4.12. The van der Waals surface area contributed by atoms with Gasteiger partial charge < -0.3 is 14.2 Å². The summed E-state index contributed by atoms with van der Waals surface area (Å²) in [7, 11) is 0.642. The molecule has 0 bridgehead atoms. The van der Waals surface area contributed by atoms with E-state index in [0.717, 1.165) is 0 Å². The summed E-state index contributed by atoms with van der Waals surface area (Å²) < 4.78 is 64.5. The van der Waals surface area contributed by atoms with Crippen LogP contribution in [-0.4, -0.2) is 48.0 Å². The van der Waals surface area contributed by atoms with Gasteiger partial charge in [-0.3, -0.25) is 14.8 Å². The Balaban J connectivity index is 1.57. The van der Waals surface area contributed by atoms with Gasteiger partial charge in [0.2, 0.25) is 5.88 Å². The van der Waals surface area contributed by atoms with Crippen LogP contribution in [0.15, 0.2) is 54.7 Å². The molecule has 2 aromatic heterocycles. The molecule has 0 atom stereocenters. The summed E-state index contributed by atoms with van der Waals surface area (Å²) in [5, 5.41) is 5.11. The number of rotatable bonds is 7. The topological polar surface area (TPSA) is 82.0 Å². The molecule has 0 unspecified atom stereocenters. The number of hydrogen-bond acceptors (Lipinski definition) is 6. The van der Waals surface area contributed by atoms with E-state index in [9.17, 15) is 13.6 Å². The van der Waals surface area contributed by atoms with Crippen molar-refractivity contribution in [3.63, 3.8) is 0 Å². The van der Waals surface area contributed by atoms with Crippen molar-refractivity contribution in [2.75, 3.05) is 30.6 Å². The number of carbonyl (C=O) groups excluding carboxylic acids is 1. The molecule has 0 fully saturated rings. The molecule has 36 heavy (non-hydrogen) atoms. The van der Waals surface area contributed by atoms with E-state index in [4.69, 9.17) is 18.3 Å². The van der Waals surface area contributed by atoms with E-state index in [-0.39, 0.29) is 18.0 Å². The maximum Gasteiger partial charge on any atom is 0.334 e. The third-order valence-corrected chi connectivity index (χ3v) is 5.75. The van der Waals surface area contributed by atoms with Crippen molar-refractivity contribution in [3.8, 4) is 17.4 Å². The summed E-state index contributed by atoms with van der Waals surface area (Å²) in [6.45, 7) is -0.733. The van der Waals surface area contributed by atoms with Gasteiger partial charge in [-0.15, -0.1) is 0 Å². The number of hydrogen-bond donors (Lipinski definition) is 0. The smallest absolute Gasteiger partial charge is 0.334 e. The maximum atomic E-state index is 14.0. The molecule has 2 aromatic carbocycles. The normalized spacial score (nSPS) is 14.9. The highest BCUT2D eigenvalue weighted by Gasteiger charge is 2.34. The minimum atomic E-state index is -2.68. The molecule has 2 amide bonds. The lowest BCUT2D eigenvalue weighted by Crippen LogP contribution is -2.45. The Bertz CT molecular complexity index is 1530. The van der Waals surface area contributed by atoms with Gasteiger partial charge in [-0.25, -0.2) is 18.3 Å². The summed E-state index contributed by atoms with van der Waals surface area (Å²) in [5.41, 5.74) is 2.43. The standard InChI is InChI=1S/C25H23F2N5O4/c1-30-24(35-3)19-10-16(6-9-20(19)29-30)31-13-21-22(11-18(12-28-21)36-14-23(26)27)32(25(31)33)15-4-7-17(34-2)8-5-15/h4-12,23H,13-14H2,1-3H3/i2D3. The van der Waals surface area contributed by atoms with Crippen LogP contribution in [0.25, 0.3) is 10.9 Å². The van der Waals surface area contributed by atoms with Gasteiger partial charge in [-0.1, -0.05) is 0 Å². The first kappa shape index (κ1) is 19.8. The molecule has 3 heterocycles. The highest BCUT2D eigenvalue weighted by Crippen LogP contribution is 2.39. The van der Waals surface area contributed by atoms with Crippen LogP contribution < -0.4 is 24.0 Å². The Morgan fingerprint density at radius 1 is 1.08 bits per heavy atom. The van der Waals surface area contributed by atoms with Gasteiger partial charge in [0, 0.05) is 18.8 Å². The molecular weight excluding hydrogens is 472 g/mol. The fourth-order valence-electron chi connectivity index (χ4n) is 4.15. The largest absolute Gasteiger partial charge is 0.497 e. The number of aromatic nitrogens is 3. The first-order valence-corrected chi connectivity index (χ1v) is 10.9. The zero-order valence-electron chi connectivity index (χ0n) is 22.3. The van der Waals surface area contributed by atoms with Crippen molar-refractivity contribution in [1.29, 1.82) is 0 Å². The summed E-state index contributed by atoms with van der Waals surface area (Å²) in [5.74, 6) is 0.683. The number of benzene rings is 2. The number of pyridine rings is 1. The van der Waals surface area contributed by atoms with Crippen LogP contribution in [-0.2, 0) is 13.6 Å². The molecule has 1 aliphatic rings. The first-order chi connectivity index (χ1) is 18.5. The second-order valence-electron chi connectivity index (χ2n) is 7.97. The summed E-state index contributed by atoms with van der Waals surface area (Å²) in [6, 6.07) is 12.2. The van der Waals surface area contributed by atoms with E-state index in [2.05, 4.69) is 10.1 Å². The Morgan fingerprint density at radius 3 is 2.58 bits per heavy atom. The quantitative estimate of drug-likeness (QED) is 0.360. The third-order valence-electron chi connectivity index (χ3n) is 5.75. The molecule has 0 aliphatic carbocycles. The molecule has 0 saturated carbocycles. The molecule has 1 aliphatic heterocycles. The van der Waals surface area contributed by atoms with Crippen LogP contribution in [0.3, 0.4) is 0 Å².